The Bertz CT molecular complexity index is 1150. The molecule has 1 aromatic heterocycles. The van der Waals surface area contributed by atoms with Crippen molar-refractivity contribution in [2.45, 2.75) is 44.6 Å². The molecule has 1 aliphatic heterocycles. The van der Waals surface area contributed by atoms with Crippen LogP contribution < -0.4 is 5.32 Å². The summed E-state index contributed by atoms with van der Waals surface area (Å²) in [6, 6.07) is 15.3. The number of hydrogen-bond acceptors (Lipinski definition) is 3. The lowest BCUT2D eigenvalue weighted by molar-refractivity contribution is -0.140. The van der Waals surface area contributed by atoms with E-state index in [2.05, 4.69) is 5.32 Å². The second-order valence-corrected chi connectivity index (χ2v) is 10.3. The fourth-order valence-corrected chi connectivity index (χ4v) is 5.05. The fraction of sp³-hybridized carbons (Fsp3) is 0.346. The van der Waals surface area contributed by atoms with Crippen molar-refractivity contribution in [1.82, 2.24) is 10.2 Å². The third-order valence-electron chi connectivity index (χ3n) is 5.81. The van der Waals surface area contributed by atoms with Crippen molar-refractivity contribution >= 4 is 17.4 Å². The third kappa shape index (κ3) is 4.83. The van der Waals surface area contributed by atoms with Crippen LogP contribution in [0.5, 0.6) is 0 Å². The number of amides is 2. The molecule has 1 N–H and O–H groups in total. The van der Waals surface area contributed by atoms with Gasteiger partial charge in [-0.25, -0.2) is 4.79 Å². The number of urea groups is 1. The maximum absolute atomic E-state index is 14.4. The van der Waals surface area contributed by atoms with E-state index >= 15 is 0 Å². The number of benzene rings is 2. The number of nitrogens with one attached hydrogen (secondary N) is 1. The molecule has 2 amide bonds. The molecule has 2 aromatic carbocycles. The molecule has 4 rings (SSSR count). The van der Waals surface area contributed by atoms with Gasteiger partial charge in [0.25, 0.3) is 0 Å². The number of methoxy groups -OCH3 is 1. The first-order chi connectivity index (χ1) is 16.0. The standard InChI is InChI=1S/C26H27F3N2O2S/c1-25(2,3)30-24(32)31-15-20(23(31)33-4)19-8-5-7-18(22(19)26(27,28)29)16-10-12-17(13-11-16)21-9-6-14-34-21/h5-14,20,23H,15H2,1-4H3,(H,30,32). The highest BCUT2D eigenvalue weighted by Crippen LogP contribution is 2.46. The molecule has 2 atom stereocenters. The second kappa shape index (κ2) is 9.07. The molecule has 0 saturated carbocycles. The average Bonchev–Trinajstić information content (AvgIpc) is 3.26. The molecule has 2 heterocycles. The van der Waals surface area contributed by atoms with Crippen molar-refractivity contribution in [2.24, 2.45) is 0 Å². The summed E-state index contributed by atoms with van der Waals surface area (Å²) in [7, 11) is 1.41. The van der Waals surface area contributed by atoms with Crippen LogP contribution in [0, 0.1) is 0 Å². The molecule has 0 aliphatic carbocycles. The number of nitrogens with zero attached hydrogens (tertiary/aromatic N) is 1. The number of thiophene rings is 1. The maximum Gasteiger partial charge on any atom is 0.417 e. The Morgan fingerprint density at radius 1 is 1.03 bits per heavy atom. The van der Waals surface area contributed by atoms with Gasteiger partial charge in [0.2, 0.25) is 0 Å². The van der Waals surface area contributed by atoms with E-state index in [9.17, 15) is 18.0 Å². The molecular weight excluding hydrogens is 461 g/mol. The van der Waals surface area contributed by atoms with E-state index in [1.54, 1.807) is 29.5 Å². The molecule has 1 fully saturated rings. The van der Waals surface area contributed by atoms with Gasteiger partial charge in [-0.05, 0) is 54.5 Å². The first kappa shape index (κ1) is 24.3. The highest BCUT2D eigenvalue weighted by molar-refractivity contribution is 7.13. The largest absolute Gasteiger partial charge is 0.417 e. The molecule has 34 heavy (non-hydrogen) atoms. The fourth-order valence-electron chi connectivity index (χ4n) is 4.31. The highest BCUT2D eigenvalue weighted by atomic mass is 32.1. The maximum atomic E-state index is 14.4. The Kier molecular flexibility index (Phi) is 6.48. The minimum absolute atomic E-state index is 0.121. The Hall–Kier alpha value is -2.84. The number of halogens is 3. The molecule has 1 saturated heterocycles. The van der Waals surface area contributed by atoms with E-state index in [4.69, 9.17) is 4.74 Å². The normalized spacial score (nSPS) is 18.5. The minimum atomic E-state index is -4.56. The number of rotatable bonds is 4. The van der Waals surface area contributed by atoms with Gasteiger partial charge in [0.1, 0.15) is 6.23 Å². The van der Waals surface area contributed by atoms with Crippen LogP contribution in [0.4, 0.5) is 18.0 Å². The van der Waals surface area contributed by atoms with Crippen LogP contribution in [0.25, 0.3) is 21.6 Å². The number of carbonyl (C=O) groups excluding carboxylic acids is 1. The lowest BCUT2D eigenvalue weighted by atomic mass is 9.82. The van der Waals surface area contributed by atoms with Crippen molar-refractivity contribution in [3.63, 3.8) is 0 Å². The van der Waals surface area contributed by atoms with Crippen LogP contribution in [0.3, 0.4) is 0 Å². The molecule has 0 radical (unpaired) electrons. The average molecular weight is 489 g/mol. The second-order valence-electron chi connectivity index (χ2n) is 9.39. The van der Waals surface area contributed by atoms with Crippen LogP contribution >= 0.6 is 11.3 Å². The van der Waals surface area contributed by atoms with Crippen LogP contribution in [-0.2, 0) is 10.9 Å². The van der Waals surface area contributed by atoms with E-state index in [0.717, 1.165) is 10.4 Å². The zero-order valence-electron chi connectivity index (χ0n) is 19.4. The molecule has 4 nitrogen and oxygen atoms in total. The van der Waals surface area contributed by atoms with Gasteiger partial charge in [0.05, 0.1) is 5.56 Å². The summed E-state index contributed by atoms with van der Waals surface area (Å²) in [5.41, 5.74) is 0.566. The van der Waals surface area contributed by atoms with Crippen molar-refractivity contribution in [2.75, 3.05) is 13.7 Å². The molecular formula is C26H27F3N2O2S. The number of hydrogen-bond donors (Lipinski definition) is 1. The first-order valence-corrected chi connectivity index (χ1v) is 11.8. The van der Waals surface area contributed by atoms with E-state index in [1.807, 2.05) is 50.4 Å². The molecule has 3 aromatic rings. The van der Waals surface area contributed by atoms with Gasteiger partial charge >= 0.3 is 12.2 Å². The van der Waals surface area contributed by atoms with Gasteiger partial charge < -0.3 is 10.1 Å². The topological polar surface area (TPSA) is 41.6 Å². The van der Waals surface area contributed by atoms with Gasteiger partial charge in [0, 0.05) is 30.0 Å². The van der Waals surface area contributed by atoms with Crippen LogP contribution in [0.15, 0.2) is 60.0 Å². The monoisotopic (exact) mass is 488 g/mol. The molecule has 0 bridgehead atoms. The minimum Gasteiger partial charge on any atom is -0.361 e. The van der Waals surface area contributed by atoms with E-state index in [-0.39, 0.29) is 23.7 Å². The number of likely N-dealkylation sites (tertiary alicyclic amines) is 1. The Labute approximate surface area is 201 Å². The summed E-state index contributed by atoms with van der Waals surface area (Å²) in [6.07, 6.45) is -5.34. The summed E-state index contributed by atoms with van der Waals surface area (Å²) < 4.78 is 48.7. The lowest BCUT2D eigenvalue weighted by Crippen LogP contribution is -2.62. The number of alkyl halides is 3. The summed E-state index contributed by atoms with van der Waals surface area (Å²) in [5.74, 6) is -0.585. The highest BCUT2D eigenvalue weighted by Gasteiger charge is 2.48. The SMILES string of the molecule is COC1C(c2cccc(-c3ccc(-c4cccs4)cc3)c2C(F)(F)F)CN1C(=O)NC(C)(C)C. The smallest absolute Gasteiger partial charge is 0.361 e. The molecule has 180 valence electrons. The van der Waals surface area contributed by atoms with Gasteiger partial charge in [0.15, 0.2) is 0 Å². The molecule has 1 aliphatic rings. The predicted molar refractivity (Wildman–Crippen MR) is 129 cm³/mol. The van der Waals surface area contributed by atoms with Gasteiger partial charge in [-0.15, -0.1) is 11.3 Å². The van der Waals surface area contributed by atoms with E-state index in [1.165, 1.54) is 24.1 Å². The number of carbonyl (C=O) groups is 1. The Balaban J connectivity index is 1.69. The van der Waals surface area contributed by atoms with E-state index in [0.29, 0.717) is 5.56 Å². The zero-order chi connectivity index (χ0) is 24.7. The summed E-state index contributed by atoms with van der Waals surface area (Å²) >= 11 is 1.58. The van der Waals surface area contributed by atoms with Crippen LogP contribution in [0.2, 0.25) is 0 Å². The summed E-state index contributed by atoms with van der Waals surface area (Å²) in [5, 5.41) is 4.80. The van der Waals surface area contributed by atoms with Crippen molar-refractivity contribution in [1.29, 1.82) is 0 Å². The molecule has 0 spiro atoms. The Morgan fingerprint density at radius 3 is 2.26 bits per heavy atom. The van der Waals surface area contributed by atoms with Gasteiger partial charge in [-0.1, -0.05) is 48.5 Å². The van der Waals surface area contributed by atoms with E-state index < -0.39 is 29.4 Å². The molecule has 2 unspecified atom stereocenters. The Morgan fingerprint density at radius 2 is 1.71 bits per heavy atom. The summed E-state index contributed by atoms with van der Waals surface area (Å²) in [4.78, 5) is 15.1. The van der Waals surface area contributed by atoms with Crippen molar-refractivity contribution < 1.29 is 22.7 Å². The third-order valence-corrected chi connectivity index (χ3v) is 6.73. The predicted octanol–water partition coefficient (Wildman–Crippen LogP) is 6.98. The first-order valence-electron chi connectivity index (χ1n) is 11.0. The van der Waals surface area contributed by atoms with Gasteiger partial charge in [-0.2, -0.15) is 13.2 Å². The quantitative estimate of drug-likeness (QED) is 0.430. The summed E-state index contributed by atoms with van der Waals surface area (Å²) in [6.45, 7) is 5.68. The van der Waals surface area contributed by atoms with Crippen LogP contribution in [0.1, 0.15) is 37.8 Å². The van der Waals surface area contributed by atoms with Crippen LogP contribution in [-0.4, -0.2) is 36.4 Å². The lowest BCUT2D eigenvalue weighted by Gasteiger charge is -2.48. The van der Waals surface area contributed by atoms with Gasteiger partial charge in [-0.3, -0.25) is 4.90 Å². The van der Waals surface area contributed by atoms with Crippen molar-refractivity contribution in [3.05, 3.63) is 71.1 Å². The zero-order valence-corrected chi connectivity index (χ0v) is 20.3. The number of ether oxygens (including phenoxy) is 1. The van der Waals surface area contributed by atoms with Crippen molar-refractivity contribution in [3.8, 4) is 21.6 Å². The molecule has 8 heteroatoms.